The summed E-state index contributed by atoms with van der Waals surface area (Å²) >= 11 is 0. The number of hydrogen-bond acceptors (Lipinski definition) is 4. The number of primary amides is 1. The molecule has 1 atom stereocenters. The van der Waals surface area contributed by atoms with E-state index in [1.54, 1.807) is 0 Å². The molecule has 0 spiro atoms. The lowest BCUT2D eigenvalue weighted by molar-refractivity contribution is -0.118. The van der Waals surface area contributed by atoms with E-state index in [0.29, 0.717) is 0 Å². The van der Waals surface area contributed by atoms with Gasteiger partial charge in [0, 0.05) is 6.42 Å². The van der Waals surface area contributed by atoms with Gasteiger partial charge in [-0.15, -0.1) is 0 Å². The molecule has 0 aliphatic rings. The minimum absolute atomic E-state index is 0.0821. The Morgan fingerprint density at radius 2 is 2.00 bits per heavy atom. The first-order valence-electron chi connectivity index (χ1n) is 2.94. The first-order valence-corrected chi connectivity index (χ1v) is 2.94. The SMILES string of the molecule is NC(=O)CCC(N)C(O)O. The fraction of sp³-hybridized carbons (Fsp3) is 0.800. The number of nitrogens with two attached hydrogens (primary N) is 2. The van der Waals surface area contributed by atoms with Crippen molar-refractivity contribution in [3.63, 3.8) is 0 Å². The minimum atomic E-state index is -1.57. The molecular formula is C5H12N2O3. The summed E-state index contributed by atoms with van der Waals surface area (Å²) in [6.07, 6.45) is -1.29. The highest BCUT2D eigenvalue weighted by Crippen LogP contribution is 1.95. The lowest BCUT2D eigenvalue weighted by atomic mass is 10.1. The molecule has 10 heavy (non-hydrogen) atoms. The van der Waals surface area contributed by atoms with Crippen LogP contribution in [-0.4, -0.2) is 28.5 Å². The second kappa shape index (κ2) is 4.21. The predicted octanol–water partition coefficient (Wildman–Crippen LogP) is -2.11. The Kier molecular flexibility index (Phi) is 3.94. The quantitative estimate of drug-likeness (QED) is 0.342. The molecule has 0 aliphatic carbocycles. The smallest absolute Gasteiger partial charge is 0.217 e. The van der Waals surface area contributed by atoms with Crippen LogP contribution in [0.15, 0.2) is 0 Å². The second-order valence-corrected chi connectivity index (χ2v) is 2.08. The van der Waals surface area contributed by atoms with Gasteiger partial charge >= 0.3 is 0 Å². The van der Waals surface area contributed by atoms with Gasteiger partial charge < -0.3 is 21.7 Å². The van der Waals surface area contributed by atoms with Gasteiger partial charge in [-0.05, 0) is 6.42 Å². The van der Waals surface area contributed by atoms with Gasteiger partial charge in [-0.1, -0.05) is 0 Å². The van der Waals surface area contributed by atoms with Crippen molar-refractivity contribution in [3.8, 4) is 0 Å². The fourth-order valence-electron chi connectivity index (χ4n) is 0.458. The van der Waals surface area contributed by atoms with E-state index in [2.05, 4.69) is 0 Å². The molecule has 0 bridgehead atoms. The Labute approximate surface area is 58.6 Å². The monoisotopic (exact) mass is 148 g/mol. The van der Waals surface area contributed by atoms with Crippen molar-refractivity contribution >= 4 is 5.91 Å². The summed E-state index contributed by atoms with van der Waals surface area (Å²) in [7, 11) is 0. The number of aliphatic hydroxyl groups excluding tert-OH is 1. The standard InChI is InChI=1S/C5H12N2O3/c6-3(5(9)10)1-2-4(7)8/h3,5,9-10H,1-2,6H2,(H2,7,8). The molecule has 5 nitrogen and oxygen atoms in total. The maximum atomic E-state index is 10.1. The lowest BCUT2D eigenvalue weighted by Crippen LogP contribution is -2.35. The number of amides is 1. The van der Waals surface area contributed by atoms with Crippen molar-refractivity contribution in [2.24, 2.45) is 11.5 Å². The van der Waals surface area contributed by atoms with Gasteiger partial charge in [-0.2, -0.15) is 0 Å². The van der Waals surface area contributed by atoms with Gasteiger partial charge in [0.2, 0.25) is 5.91 Å². The van der Waals surface area contributed by atoms with Crippen molar-refractivity contribution < 1.29 is 15.0 Å². The summed E-state index contributed by atoms with van der Waals surface area (Å²) in [5.41, 5.74) is 9.94. The zero-order valence-corrected chi connectivity index (χ0v) is 5.53. The van der Waals surface area contributed by atoms with Crippen LogP contribution < -0.4 is 11.5 Å². The van der Waals surface area contributed by atoms with Gasteiger partial charge in [-0.3, -0.25) is 4.79 Å². The van der Waals surface area contributed by atoms with Gasteiger partial charge in [-0.25, -0.2) is 0 Å². The van der Waals surface area contributed by atoms with Crippen LogP contribution in [0.1, 0.15) is 12.8 Å². The average molecular weight is 148 g/mol. The third-order valence-electron chi connectivity index (χ3n) is 1.11. The highest BCUT2D eigenvalue weighted by Gasteiger charge is 2.11. The molecule has 0 aromatic rings. The largest absolute Gasteiger partial charge is 0.370 e. The van der Waals surface area contributed by atoms with E-state index in [1.165, 1.54) is 0 Å². The van der Waals surface area contributed by atoms with Gasteiger partial charge in [0.1, 0.15) is 0 Å². The summed E-state index contributed by atoms with van der Waals surface area (Å²) in [6, 6.07) is -0.785. The van der Waals surface area contributed by atoms with Crippen LogP contribution >= 0.6 is 0 Å². The van der Waals surface area contributed by atoms with Gasteiger partial charge in [0.25, 0.3) is 0 Å². The van der Waals surface area contributed by atoms with E-state index in [9.17, 15) is 4.79 Å². The van der Waals surface area contributed by atoms with Crippen LogP contribution in [0, 0.1) is 0 Å². The highest BCUT2D eigenvalue weighted by atomic mass is 16.5. The van der Waals surface area contributed by atoms with E-state index in [-0.39, 0.29) is 12.8 Å². The summed E-state index contributed by atoms with van der Waals surface area (Å²) < 4.78 is 0. The van der Waals surface area contributed by atoms with Crippen molar-refractivity contribution in [1.29, 1.82) is 0 Å². The molecular weight excluding hydrogens is 136 g/mol. The Hall–Kier alpha value is -0.650. The minimum Gasteiger partial charge on any atom is -0.370 e. The third kappa shape index (κ3) is 4.25. The molecule has 1 amide bonds. The summed E-state index contributed by atoms with van der Waals surface area (Å²) in [5, 5.41) is 16.8. The number of carbonyl (C=O) groups is 1. The first-order chi connectivity index (χ1) is 4.54. The molecule has 0 rings (SSSR count). The molecule has 0 heterocycles. The van der Waals surface area contributed by atoms with Gasteiger partial charge in [0.05, 0.1) is 6.04 Å². The van der Waals surface area contributed by atoms with Crippen LogP contribution in [0.5, 0.6) is 0 Å². The van der Waals surface area contributed by atoms with E-state index in [1.807, 2.05) is 0 Å². The molecule has 0 aliphatic heterocycles. The number of hydrogen-bond donors (Lipinski definition) is 4. The lowest BCUT2D eigenvalue weighted by Gasteiger charge is -2.11. The number of aliphatic hydroxyl groups is 2. The Morgan fingerprint density at radius 3 is 2.30 bits per heavy atom. The maximum Gasteiger partial charge on any atom is 0.217 e. The molecule has 6 N–H and O–H groups in total. The maximum absolute atomic E-state index is 10.1. The Bertz CT molecular complexity index is 115. The molecule has 0 saturated heterocycles. The van der Waals surface area contributed by atoms with E-state index < -0.39 is 18.2 Å². The molecule has 0 fully saturated rings. The van der Waals surface area contributed by atoms with Crippen molar-refractivity contribution in [3.05, 3.63) is 0 Å². The molecule has 5 heteroatoms. The van der Waals surface area contributed by atoms with E-state index >= 15 is 0 Å². The average Bonchev–Trinajstić information content (AvgIpc) is 1.82. The van der Waals surface area contributed by atoms with Crippen molar-refractivity contribution in [2.75, 3.05) is 0 Å². The summed E-state index contributed by atoms with van der Waals surface area (Å²) in [4.78, 5) is 10.1. The van der Waals surface area contributed by atoms with Crippen LogP contribution in [0.4, 0.5) is 0 Å². The Balaban J connectivity index is 3.39. The zero-order chi connectivity index (χ0) is 8.15. The van der Waals surface area contributed by atoms with Crippen LogP contribution in [0.25, 0.3) is 0 Å². The third-order valence-corrected chi connectivity index (χ3v) is 1.11. The van der Waals surface area contributed by atoms with Gasteiger partial charge in [0.15, 0.2) is 6.29 Å². The number of carbonyl (C=O) groups excluding carboxylic acids is 1. The molecule has 0 aromatic heterocycles. The zero-order valence-electron chi connectivity index (χ0n) is 5.53. The summed E-state index contributed by atoms with van der Waals surface area (Å²) in [6.45, 7) is 0. The molecule has 0 saturated carbocycles. The molecule has 0 radical (unpaired) electrons. The van der Waals surface area contributed by atoms with Crippen LogP contribution in [0.3, 0.4) is 0 Å². The molecule has 1 unspecified atom stereocenters. The summed E-state index contributed by atoms with van der Waals surface area (Å²) in [5.74, 6) is -0.490. The van der Waals surface area contributed by atoms with E-state index in [0.717, 1.165) is 0 Å². The number of rotatable bonds is 4. The molecule has 0 aromatic carbocycles. The normalized spacial score (nSPS) is 13.6. The van der Waals surface area contributed by atoms with E-state index in [4.69, 9.17) is 21.7 Å². The molecule has 60 valence electrons. The predicted molar refractivity (Wildman–Crippen MR) is 34.6 cm³/mol. The van der Waals surface area contributed by atoms with Crippen molar-refractivity contribution in [2.45, 2.75) is 25.2 Å². The topological polar surface area (TPSA) is 110 Å². The fourth-order valence-corrected chi connectivity index (χ4v) is 0.458. The highest BCUT2D eigenvalue weighted by molar-refractivity contribution is 5.73. The van der Waals surface area contributed by atoms with Crippen LogP contribution in [-0.2, 0) is 4.79 Å². The Morgan fingerprint density at radius 1 is 1.50 bits per heavy atom. The van der Waals surface area contributed by atoms with Crippen LogP contribution in [0.2, 0.25) is 0 Å². The van der Waals surface area contributed by atoms with Crippen molar-refractivity contribution in [1.82, 2.24) is 0 Å². The second-order valence-electron chi connectivity index (χ2n) is 2.08. The first kappa shape index (κ1) is 9.35.